The Balaban J connectivity index is 2.79. The highest BCUT2D eigenvalue weighted by Gasteiger charge is 2.31. The van der Waals surface area contributed by atoms with Crippen LogP contribution >= 0.6 is 0 Å². The molecule has 23 heavy (non-hydrogen) atoms. The van der Waals surface area contributed by atoms with E-state index in [2.05, 4.69) is 10.1 Å². The Morgan fingerprint density at radius 3 is 2.17 bits per heavy atom. The summed E-state index contributed by atoms with van der Waals surface area (Å²) in [5.41, 5.74) is -0.0984. The molecule has 5 nitrogen and oxygen atoms in total. The van der Waals surface area contributed by atoms with E-state index in [1.165, 1.54) is 31.4 Å². The lowest BCUT2D eigenvalue weighted by Gasteiger charge is -2.23. The van der Waals surface area contributed by atoms with Crippen LogP contribution in [0.2, 0.25) is 0 Å². The quantitative estimate of drug-likeness (QED) is 0.889. The maximum absolute atomic E-state index is 12.1. The van der Waals surface area contributed by atoms with Crippen LogP contribution in [0.25, 0.3) is 0 Å². The molecular formula is C15H20F3NO4. The van der Waals surface area contributed by atoms with Crippen molar-refractivity contribution >= 4 is 6.09 Å². The predicted octanol–water partition coefficient (Wildman–Crippen LogP) is 3.80. The lowest BCUT2D eigenvalue weighted by Crippen LogP contribution is -2.36. The standard InChI is InChI=1S/C15H20F3NO4/c1-14(2,3)23-13(20)19-12(9-21-4)10-5-7-11(8-6-10)22-15(16,17)18/h5-8,12H,9H2,1-4H3,(H,19,20). The number of ether oxygens (including phenoxy) is 3. The number of hydrogen-bond acceptors (Lipinski definition) is 4. The normalized spacial score (nSPS) is 13.3. The van der Waals surface area contributed by atoms with Crippen LogP contribution in [0.5, 0.6) is 5.75 Å². The van der Waals surface area contributed by atoms with Gasteiger partial charge in [0, 0.05) is 7.11 Å². The first-order valence-corrected chi connectivity index (χ1v) is 6.84. The summed E-state index contributed by atoms with van der Waals surface area (Å²) in [5, 5.41) is 2.61. The summed E-state index contributed by atoms with van der Waals surface area (Å²) in [6.07, 6.45) is -5.39. The van der Waals surface area contributed by atoms with Gasteiger partial charge in [0.2, 0.25) is 0 Å². The van der Waals surface area contributed by atoms with Crippen molar-refractivity contribution in [3.05, 3.63) is 29.8 Å². The first-order chi connectivity index (χ1) is 10.5. The van der Waals surface area contributed by atoms with Crippen LogP contribution in [0.4, 0.5) is 18.0 Å². The van der Waals surface area contributed by atoms with Crippen molar-refractivity contribution in [2.75, 3.05) is 13.7 Å². The second kappa shape index (κ2) is 7.54. The number of nitrogens with one attached hydrogen (secondary N) is 1. The molecule has 0 fully saturated rings. The number of carbonyl (C=O) groups is 1. The second-order valence-corrected chi connectivity index (χ2v) is 5.77. The molecule has 130 valence electrons. The van der Waals surface area contributed by atoms with Crippen LogP contribution in [0, 0.1) is 0 Å². The average Bonchev–Trinajstić information content (AvgIpc) is 2.35. The molecule has 1 aromatic carbocycles. The van der Waals surface area contributed by atoms with E-state index in [9.17, 15) is 18.0 Å². The van der Waals surface area contributed by atoms with Gasteiger partial charge in [-0.05, 0) is 38.5 Å². The number of alkyl halides is 3. The topological polar surface area (TPSA) is 56.8 Å². The SMILES string of the molecule is COCC(NC(=O)OC(C)(C)C)c1ccc(OC(F)(F)F)cc1. The fourth-order valence-electron chi connectivity index (χ4n) is 1.74. The average molecular weight is 335 g/mol. The minimum Gasteiger partial charge on any atom is -0.444 e. The molecular weight excluding hydrogens is 315 g/mol. The van der Waals surface area contributed by atoms with E-state index in [-0.39, 0.29) is 12.4 Å². The molecule has 0 aliphatic rings. The zero-order valence-electron chi connectivity index (χ0n) is 13.4. The Morgan fingerprint density at radius 2 is 1.74 bits per heavy atom. The van der Waals surface area contributed by atoms with Gasteiger partial charge in [0.25, 0.3) is 0 Å². The largest absolute Gasteiger partial charge is 0.573 e. The van der Waals surface area contributed by atoms with Crippen molar-refractivity contribution in [1.82, 2.24) is 5.32 Å². The van der Waals surface area contributed by atoms with Gasteiger partial charge in [-0.25, -0.2) is 4.79 Å². The molecule has 0 aliphatic heterocycles. The third kappa shape index (κ3) is 7.73. The second-order valence-electron chi connectivity index (χ2n) is 5.77. The molecule has 0 saturated heterocycles. The Morgan fingerprint density at radius 1 is 1.17 bits per heavy atom. The minimum atomic E-state index is -4.75. The molecule has 1 unspecified atom stereocenters. The van der Waals surface area contributed by atoms with E-state index in [1.54, 1.807) is 20.8 Å². The highest BCUT2D eigenvalue weighted by molar-refractivity contribution is 5.68. The summed E-state index contributed by atoms with van der Waals surface area (Å²) >= 11 is 0. The molecule has 1 N–H and O–H groups in total. The van der Waals surface area contributed by atoms with Crippen molar-refractivity contribution < 1.29 is 32.2 Å². The first-order valence-electron chi connectivity index (χ1n) is 6.84. The molecule has 0 aliphatic carbocycles. The van der Waals surface area contributed by atoms with E-state index in [4.69, 9.17) is 9.47 Å². The van der Waals surface area contributed by atoms with Gasteiger partial charge in [-0.2, -0.15) is 0 Å². The van der Waals surface area contributed by atoms with Crippen LogP contribution < -0.4 is 10.1 Å². The summed E-state index contributed by atoms with van der Waals surface area (Å²) in [4.78, 5) is 11.8. The van der Waals surface area contributed by atoms with Gasteiger partial charge in [0.1, 0.15) is 11.4 Å². The van der Waals surface area contributed by atoms with Crippen LogP contribution in [0.15, 0.2) is 24.3 Å². The molecule has 1 atom stereocenters. The third-order valence-electron chi connectivity index (χ3n) is 2.54. The number of halogens is 3. The fraction of sp³-hybridized carbons (Fsp3) is 0.533. The number of benzene rings is 1. The predicted molar refractivity (Wildman–Crippen MR) is 77.1 cm³/mol. The van der Waals surface area contributed by atoms with Gasteiger partial charge < -0.3 is 19.5 Å². The van der Waals surface area contributed by atoms with Gasteiger partial charge in [-0.1, -0.05) is 12.1 Å². The monoisotopic (exact) mass is 335 g/mol. The van der Waals surface area contributed by atoms with Crippen LogP contribution in [-0.2, 0) is 9.47 Å². The number of methoxy groups -OCH3 is 1. The Bertz CT molecular complexity index is 509. The zero-order chi connectivity index (χ0) is 17.7. The maximum Gasteiger partial charge on any atom is 0.573 e. The summed E-state index contributed by atoms with van der Waals surface area (Å²) in [6, 6.07) is 4.61. The fourth-order valence-corrected chi connectivity index (χ4v) is 1.74. The van der Waals surface area contributed by atoms with Crippen molar-refractivity contribution in [3.8, 4) is 5.75 Å². The highest BCUT2D eigenvalue weighted by atomic mass is 19.4. The number of alkyl carbamates (subject to hydrolysis) is 1. The molecule has 0 heterocycles. The number of rotatable bonds is 5. The van der Waals surface area contributed by atoms with Crippen molar-refractivity contribution in [2.24, 2.45) is 0 Å². The van der Waals surface area contributed by atoms with E-state index in [0.717, 1.165) is 0 Å². The van der Waals surface area contributed by atoms with E-state index in [1.807, 2.05) is 0 Å². The Hall–Kier alpha value is -1.96. The summed E-state index contributed by atoms with van der Waals surface area (Å²) in [6.45, 7) is 5.31. The number of carbonyl (C=O) groups excluding carboxylic acids is 1. The molecule has 0 aromatic heterocycles. The summed E-state index contributed by atoms with van der Waals surface area (Å²) < 4.78 is 50.4. The van der Waals surface area contributed by atoms with E-state index >= 15 is 0 Å². The molecule has 0 saturated carbocycles. The minimum absolute atomic E-state index is 0.138. The van der Waals surface area contributed by atoms with Crippen LogP contribution in [0.1, 0.15) is 32.4 Å². The van der Waals surface area contributed by atoms with Gasteiger partial charge >= 0.3 is 12.5 Å². The molecule has 8 heteroatoms. The number of amides is 1. The van der Waals surface area contributed by atoms with E-state index in [0.29, 0.717) is 5.56 Å². The molecule has 1 amide bonds. The van der Waals surface area contributed by atoms with Crippen molar-refractivity contribution in [3.63, 3.8) is 0 Å². The maximum atomic E-state index is 12.1. The molecule has 0 spiro atoms. The van der Waals surface area contributed by atoms with Gasteiger partial charge in [-0.3, -0.25) is 0 Å². The lowest BCUT2D eigenvalue weighted by molar-refractivity contribution is -0.274. The van der Waals surface area contributed by atoms with Crippen LogP contribution in [0.3, 0.4) is 0 Å². The molecule has 0 radical (unpaired) electrons. The van der Waals surface area contributed by atoms with Gasteiger partial charge in [0.15, 0.2) is 0 Å². The van der Waals surface area contributed by atoms with Crippen molar-refractivity contribution in [1.29, 1.82) is 0 Å². The molecule has 0 bridgehead atoms. The zero-order valence-corrected chi connectivity index (χ0v) is 13.4. The molecule has 1 aromatic rings. The summed E-state index contributed by atoms with van der Waals surface area (Å²) in [7, 11) is 1.45. The van der Waals surface area contributed by atoms with E-state index < -0.39 is 24.1 Å². The van der Waals surface area contributed by atoms with Crippen LogP contribution in [-0.4, -0.2) is 31.8 Å². The smallest absolute Gasteiger partial charge is 0.444 e. The third-order valence-corrected chi connectivity index (χ3v) is 2.54. The Labute approximate surface area is 132 Å². The van der Waals surface area contributed by atoms with Gasteiger partial charge in [0.05, 0.1) is 12.6 Å². The number of hydrogen-bond donors (Lipinski definition) is 1. The van der Waals surface area contributed by atoms with Crippen molar-refractivity contribution in [2.45, 2.75) is 38.8 Å². The highest BCUT2D eigenvalue weighted by Crippen LogP contribution is 2.24. The lowest BCUT2D eigenvalue weighted by atomic mass is 10.1. The molecule has 1 rings (SSSR count). The van der Waals surface area contributed by atoms with Gasteiger partial charge in [-0.15, -0.1) is 13.2 Å². The Kier molecular flexibility index (Phi) is 6.26. The first kappa shape index (κ1) is 19.1. The summed E-state index contributed by atoms with van der Waals surface area (Å²) in [5.74, 6) is -0.338.